The highest BCUT2D eigenvalue weighted by atomic mass is 16.3. The predicted molar refractivity (Wildman–Crippen MR) is 87.9 cm³/mol. The number of hydrogen-bond donors (Lipinski definition) is 3. The first kappa shape index (κ1) is 16.2. The first-order chi connectivity index (χ1) is 12.0. The van der Waals surface area contributed by atoms with E-state index in [0.717, 1.165) is 4.68 Å². The van der Waals surface area contributed by atoms with Gasteiger partial charge in [-0.2, -0.15) is 0 Å². The van der Waals surface area contributed by atoms with Crippen LogP contribution >= 0.6 is 0 Å². The average Bonchev–Trinajstić information content (AvgIpc) is 3.03. The summed E-state index contributed by atoms with van der Waals surface area (Å²) < 4.78 is 5.88. The van der Waals surface area contributed by atoms with Gasteiger partial charge in [-0.25, -0.2) is 4.68 Å². The Kier molecular flexibility index (Phi) is 4.21. The van der Waals surface area contributed by atoms with Gasteiger partial charge in [0.25, 0.3) is 22.9 Å². The number of hydrogen-bond acceptors (Lipinski definition) is 5. The van der Waals surface area contributed by atoms with Gasteiger partial charge in [0.1, 0.15) is 12.3 Å². The molecule has 0 aliphatic heterocycles. The number of rotatable bonds is 3. The second kappa shape index (κ2) is 6.48. The molecule has 2 aromatic heterocycles. The molecular formula is C16H14N4O5. The molecular weight excluding hydrogens is 328 g/mol. The summed E-state index contributed by atoms with van der Waals surface area (Å²) in [6.07, 6.45) is 1.35. The highest BCUT2D eigenvalue weighted by Gasteiger charge is 2.13. The van der Waals surface area contributed by atoms with Gasteiger partial charge in [-0.05, 0) is 25.1 Å². The van der Waals surface area contributed by atoms with Crippen molar-refractivity contribution in [2.24, 2.45) is 0 Å². The number of aryl methyl sites for hydroxylation is 1. The summed E-state index contributed by atoms with van der Waals surface area (Å²) in [7, 11) is 0. The van der Waals surface area contributed by atoms with Crippen molar-refractivity contribution in [3.8, 4) is 0 Å². The highest BCUT2D eigenvalue weighted by molar-refractivity contribution is 5.96. The van der Waals surface area contributed by atoms with E-state index in [1.807, 2.05) is 0 Å². The quantitative estimate of drug-likeness (QED) is 0.580. The number of aromatic nitrogens is 2. The van der Waals surface area contributed by atoms with Crippen molar-refractivity contribution in [1.82, 2.24) is 20.6 Å². The van der Waals surface area contributed by atoms with Gasteiger partial charge >= 0.3 is 0 Å². The number of carbonyl (C=O) groups excluding carboxylic acids is 2. The van der Waals surface area contributed by atoms with Crippen LogP contribution in [0.15, 0.2) is 50.6 Å². The van der Waals surface area contributed by atoms with Gasteiger partial charge < -0.3 is 4.42 Å². The molecule has 2 amide bonds. The van der Waals surface area contributed by atoms with E-state index in [0.29, 0.717) is 5.76 Å². The number of fused-ring (bicyclic) bond motifs is 1. The number of benzene rings is 1. The Balaban J connectivity index is 1.73. The van der Waals surface area contributed by atoms with Gasteiger partial charge in [0.05, 0.1) is 22.6 Å². The van der Waals surface area contributed by atoms with E-state index in [-0.39, 0.29) is 16.3 Å². The number of amides is 2. The van der Waals surface area contributed by atoms with Crippen LogP contribution in [0.1, 0.15) is 16.1 Å². The third kappa shape index (κ3) is 3.20. The number of carbonyl (C=O) groups is 2. The van der Waals surface area contributed by atoms with Crippen LogP contribution < -0.4 is 22.0 Å². The molecule has 2 heterocycles. The normalized spacial score (nSPS) is 10.6. The van der Waals surface area contributed by atoms with E-state index in [1.54, 1.807) is 19.1 Å². The largest absolute Gasteiger partial charge is 0.469 e. The number of nitrogens with zero attached hydrogens (tertiary/aromatic N) is 1. The van der Waals surface area contributed by atoms with Crippen LogP contribution in [0.5, 0.6) is 0 Å². The van der Waals surface area contributed by atoms with E-state index < -0.39 is 29.5 Å². The Morgan fingerprint density at radius 2 is 1.84 bits per heavy atom. The number of hydrazine groups is 1. The number of aromatic amines is 1. The lowest BCUT2D eigenvalue weighted by molar-refractivity contribution is -0.122. The lowest BCUT2D eigenvalue weighted by Crippen LogP contribution is -2.45. The summed E-state index contributed by atoms with van der Waals surface area (Å²) in [5.41, 5.74) is 3.67. The Hall–Kier alpha value is -3.62. The van der Waals surface area contributed by atoms with Crippen molar-refractivity contribution < 1.29 is 14.0 Å². The smallest absolute Gasteiger partial charge is 0.273 e. The fraction of sp³-hybridized carbons (Fsp3) is 0.125. The molecule has 3 N–H and O–H groups in total. The topological polar surface area (TPSA) is 126 Å². The fourth-order valence-corrected chi connectivity index (χ4v) is 2.36. The zero-order valence-electron chi connectivity index (χ0n) is 13.2. The van der Waals surface area contributed by atoms with Crippen molar-refractivity contribution in [3.05, 3.63) is 68.6 Å². The Morgan fingerprint density at radius 3 is 2.52 bits per heavy atom. The molecule has 0 unspecified atom stereocenters. The molecule has 0 fully saturated rings. The second-order valence-corrected chi connectivity index (χ2v) is 5.27. The first-order valence-electron chi connectivity index (χ1n) is 7.32. The molecule has 3 aromatic rings. The monoisotopic (exact) mass is 342 g/mol. The minimum absolute atomic E-state index is 0.206. The summed E-state index contributed by atoms with van der Waals surface area (Å²) in [6, 6.07) is 7.75. The average molecular weight is 342 g/mol. The number of nitrogens with one attached hydrogen (secondary N) is 3. The first-order valence-corrected chi connectivity index (χ1v) is 7.32. The van der Waals surface area contributed by atoms with Crippen LogP contribution in [0.2, 0.25) is 0 Å². The molecule has 0 saturated carbocycles. The van der Waals surface area contributed by atoms with Gasteiger partial charge in [-0.3, -0.25) is 35.1 Å². The van der Waals surface area contributed by atoms with Crippen LogP contribution in [-0.2, 0) is 11.3 Å². The molecule has 0 spiro atoms. The molecule has 9 nitrogen and oxygen atoms in total. The molecule has 0 saturated heterocycles. The van der Waals surface area contributed by atoms with Gasteiger partial charge in [-0.15, -0.1) is 0 Å². The SMILES string of the molecule is Cc1occc1C(=O)NNC(=O)Cn1[nH]c(=O)c2ccccc2c1=O. The third-order valence-corrected chi connectivity index (χ3v) is 3.60. The van der Waals surface area contributed by atoms with Gasteiger partial charge in [0.2, 0.25) is 0 Å². The Bertz CT molecular complexity index is 1080. The molecule has 128 valence electrons. The van der Waals surface area contributed by atoms with Crippen LogP contribution in [0.3, 0.4) is 0 Å². The molecule has 0 aliphatic carbocycles. The summed E-state index contributed by atoms with van der Waals surface area (Å²) in [4.78, 5) is 48.1. The van der Waals surface area contributed by atoms with Gasteiger partial charge in [0.15, 0.2) is 0 Å². The van der Waals surface area contributed by atoms with Gasteiger partial charge in [0, 0.05) is 0 Å². The van der Waals surface area contributed by atoms with Crippen molar-refractivity contribution in [2.45, 2.75) is 13.5 Å². The van der Waals surface area contributed by atoms with E-state index in [1.165, 1.54) is 24.5 Å². The summed E-state index contributed by atoms with van der Waals surface area (Å²) in [5.74, 6) is -0.830. The van der Waals surface area contributed by atoms with Crippen molar-refractivity contribution in [2.75, 3.05) is 0 Å². The molecule has 3 rings (SSSR count). The van der Waals surface area contributed by atoms with E-state index in [9.17, 15) is 19.2 Å². The molecule has 0 aliphatic rings. The lowest BCUT2D eigenvalue weighted by atomic mass is 10.2. The van der Waals surface area contributed by atoms with Crippen LogP contribution in [-0.4, -0.2) is 21.6 Å². The third-order valence-electron chi connectivity index (χ3n) is 3.60. The number of H-pyrrole nitrogens is 1. The van der Waals surface area contributed by atoms with E-state index >= 15 is 0 Å². The summed E-state index contributed by atoms with van der Waals surface area (Å²) >= 11 is 0. The Morgan fingerprint density at radius 1 is 1.12 bits per heavy atom. The molecule has 0 radical (unpaired) electrons. The molecule has 0 bridgehead atoms. The molecule has 25 heavy (non-hydrogen) atoms. The summed E-state index contributed by atoms with van der Waals surface area (Å²) in [5, 5.41) is 2.78. The minimum atomic E-state index is -0.678. The molecule has 0 atom stereocenters. The van der Waals surface area contributed by atoms with Crippen molar-refractivity contribution in [3.63, 3.8) is 0 Å². The van der Waals surface area contributed by atoms with E-state index in [4.69, 9.17) is 4.42 Å². The van der Waals surface area contributed by atoms with Crippen LogP contribution in [0, 0.1) is 6.92 Å². The fourth-order valence-electron chi connectivity index (χ4n) is 2.36. The number of furan rings is 1. The maximum absolute atomic E-state index is 12.3. The Labute approximate surface area is 140 Å². The maximum Gasteiger partial charge on any atom is 0.273 e. The van der Waals surface area contributed by atoms with Crippen LogP contribution in [0.25, 0.3) is 10.8 Å². The minimum Gasteiger partial charge on any atom is -0.469 e. The van der Waals surface area contributed by atoms with Crippen molar-refractivity contribution in [1.29, 1.82) is 0 Å². The maximum atomic E-state index is 12.3. The van der Waals surface area contributed by atoms with Crippen molar-refractivity contribution >= 4 is 22.6 Å². The standard InChI is InChI=1S/C16H14N4O5/c1-9-10(6-7-25-9)14(22)18-17-13(21)8-20-16(24)12-5-3-2-4-11(12)15(23)19-20/h2-7H,8H2,1H3,(H,17,21)(H,18,22)(H,19,23). The summed E-state index contributed by atoms with van der Waals surface area (Å²) in [6.45, 7) is 1.15. The van der Waals surface area contributed by atoms with E-state index in [2.05, 4.69) is 16.0 Å². The zero-order chi connectivity index (χ0) is 18.0. The zero-order valence-corrected chi connectivity index (χ0v) is 13.2. The lowest BCUT2D eigenvalue weighted by Gasteiger charge is -2.09. The van der Waals surface area contributed by atoms with Crippen LogP contribution in [0.4, 0.5) is 0 Å². The predicted octanol–water partition coefficient (Wildman–Crippen LogP) is 0.0524. The highest BCUT2D eigenvalue weighted by Crippen LogP contribution is 2.07. The second-order valence-electron chi connectivity index (χ2n) is 5.27. The molecule has 9 heteroatoms. The van der Waals surface area contributed by atoms with Gasteiger partial charge in [-0.1, -0.05) is 12.1 Å². The molecule has 1 aromatic carbocycles.